The summed E-state index contributed by atoms with van der Waals surface area (Å²) in [7, 11) is 4.48. The van der Waals surface area contributed by atoms with Crippen molar-refractivity contribution < 1.29 is 23.8 Å². The SMILES string of the molecule is COc1cc2c(c(OC)c1OC)C(=O)N(C(C)=O)CCC2. The van der Waals surface area contributed by atoms with Crippen LogP contribution in [0.3, 0.4) is 0 Å². The highest BCUT2D eigenvalue weighted by molar-refractivity contribution is 6.07. The Morgan fingerprint density at radius 1 is 1.14 bits per heavy atom. The minimum atomic E-state index is -0.354. The number of fused-ring (bicyclic) bond motifs is 1. The molecule has 0 saturated heterocycles. The van der Waals surface area contributed by atoms with E-state index < -0.39 is 0 Å². The number of rotatable bonds is 3. The van der Waals surface area contributed by atoms with E-state index in [1.807, 2.05) is 0 Å². The Morgan fingerprint density at radius 3 is 2.33 bits per heavy atom. The minimum Gasteiger partial charge on any atom is -0.493 e. The summed E-state index contributed by atoms with van der Waals surface area (Å²) >= 11 is 0. The maximum absolute atomic E-state index is 12.7. The second-order valence-electron chi connectivity index (χ2n) is 4.76. The number of benzene rings is 1. The van der Waals surface area contributed by atoms with Crippen LogP contribution in [0.15, 0.2) is 6.07 Å². The van der Waals surface area contributed by atoms with Gasteiger partial charge in [0.25, 0.3) is 5.91 Å². The molecule has 0 unspecified atom stereocenters. The lowest BCUT2D eigenvalue weighted by atomic mass is 10.0. The maximum Gasteiger partial charge on any atom is 0.264 e. The summed E-state index contributed by atoms with van der Waals surface area (Å²) in [6.07, 6.45) is 1.37. The molecule has 6 nitrogen and oxygen atoms in total. The zero-order chi connectivity index (χ0) is 15.6. The molecule has 1 aromatic carbocycles. The number of hydrogen-bond acceptors (Lipinski definition) is 5. The van der Waals surface area contributed by atoms with E-state index >= 15 is 0 Å². The van der Waals surface area contributed by atoms with Crippen molar-refractivity contribution in [3.05, 3.63) is 17.2 Å². The van der Waals surface area contributed by atoms with Crippen molar-refractivity contribution in [2.45, 2.75) is 19.8 Å². The van der Waals surface area contributed by atoms with Gasteiger partial charge in [0.2, 0.25) is 11.7 Å². The monoisotopic (exact) mass is 293 g/mol. The fourth-order valence-electron chi connectivity index (χ4n) is 2.60. The van der Waals surface area contributed by atoms with E-state index in [2.05, 4.69) is 0 Å². The van der Waals surface area contributed by atoms with Gasteiger partial charge in [-0.1, -0.05) is 0 Å². The molecule has 2 rings (SSSR count). The van der Waals surface area contributed by atoms with Crippen LogP contribution >= 0.6 is 0 Å². The molecule has 114 valence electrons. The zero-order valence-corrected chi connectivity index (χ0v) is 12.7. The van der Waals surface area contributed by atoms with Crippen LogP contribution < -0.4 is 14.2 Å². The van der Waals surface area contributed by atoms with Crippen LogP contribution in [-0.2, 0) is 11.2 Å². The van der Waals surface area contributed by atoms with Crippen molar-refractivity contribution in [2.75, 3.05) is 27.9 Å². The van der Waals surface area contributed by atoms with Crippen molar-refractivity contribution in [3.8, 4) is 17.2 Å². The Labute approximate surface area is 123 Å². The third-order valence-electron chi connectivity index (χ3n) is 3.58. The molecule has 0 radical (unpaired) electrons. The summed E-state index contributed by atoms with van der Waals surface area (Å²) in [5, 5.41) is 0. The summed E-state index contributed by atoms with van der Waals surface area (Å²) in [4.78, 5) is 25.5. The second kappa shape index (κ2) is 6.03. The molecule has 0 N–H and O–H groups in total. The molecule has 0 spiro atoms. The largest absolute Gasteiger partial charge is 0.493 e. The highest BCUT2D eigenvalue weighted by Gasteiger charge is 2.31. The lowest BCUT2D eigenvalue weighted by Crippen LogP contribution is -2.35. The van der Waals surface area contributed by atoms with Gasteiger partial charge in [0, 0.05) is 13.5 Å². The number of methoxy groups -OCH3 is 3. The topological polar surface area (TPSA) is 65.1 Å². The highest BCUT2D eigenvalue weighted by atomic mass is 16.5. The Kier molecular flexibility index (Phi) is 4.35. The number of carbonyl (C=O) groups excluding carboxylic acids is 2. The second-order valence-corrected chi connectivity index (χ2v) is 4.76. The molecule has 1 aliphatic rings. The highest BCUT2D eigenvalue weighted by Crippen LogP contribution is 2.43. The molecular weight excluding hydrogens is 274 g/mol. The Balaban J connectivity index is 2.69. The van der Waals surface area contributed by atoms with E-state index in [1.165, 1.54) is 33.2 Å². The summed E-state index contributed by atoms with van der Waals surface area (Å²) in [5.74, 6) is 0.553. The van der Waals surface area contributed by atoms with Gasteiger partial charge in [-0.3, -0.25) is 14.5 Å². The molecule has 0 saturated carbocycles. The summed E-state index contributed by atoms with van der Waals surface area (Å²) in [5.41, 5.74) is 1.18. The van der Waals surface area contributed by atoms with Crippen LogP contribution in [0.4, 0.5) is 0 Å². The number of carbonyl (C=O) groups is 2. The number of amides is 2. The fraction of sp³-hybridized carbons (Fsp3) is 0.467. The third-order valence-corrected chi connectivity index (χ3v) is 3.58. The van der Waals surface area contributed by atoms with Crippen molar-refractivity contribution >= 4 is 11.8 Å². The van der Waals surface area contributed by atoms with Gasteiger partial charge in [0.1, 0.15) is 0 Å². The van der Waals surface area contributed by atoms with Crippen molar-refractivity contribution in [2.24, 2.45) is 0 Å². The molecule has 2 amide bonds. The zero-order valence-electron chi connectivity index (χ0n) is 12.7. The molecule has 1 aromatic rings. The minimum absolute atomic E-state index is 0.273. The van der Waals surface area contributed by atoms with E-state index in [0.29, 0.717) is 42.2 Å². The average Bonchev–Trinajstić information content (AvgIpc) is 2.64. The third kappa shape index (κ3) is 2.53. The first-order valence-electron chi connectivity index (χ1n) is 6.69. The van der Waals surface area contributed by atoms with Crippen LogP contribution in [0.5, 0.6) is 17.2 Å². The van der Waals surface area contributed by atoms with Crippen LogP contribution in [0.25, 0.3) is 0 Å². The van der Waals surface area contributed by atoms with Crippen molar-refractivity contribution in [1.82, 2.24) is 4.90 Å². The quantitative estimate of drug-likeness (QED) is 0.847. The fourth-order valence-corrected chi connectivity index (χ4v) is 2.60. The van der Waals surface area contributed by atoms with E-state index in [-0.39, 0.29) is 11.8 Å². The van der Waals surface area contributed by atoms with Gasteiger partial charge in [-0.2, -0.15) is 0 Å². The predicted molar refractivity (Wildman–Crippen MR) is 76.1 cm³/mol. The first kappa shape index (κ1) is 15.2. The summed E-state index contributed by atoms with van der Waals surface area (Å²) in [6.45, 7) is 1.78. The first-order valence-corrected chi connectivity index (χ1v) is 6.69. The van der Waals surface area contributed by atoms with Gasteiger partial charge in [0.05, 0.1) is 26.9 Å². The Hall–Kier alpha value is -2.24. The van der Waals surface area contributed by atoms with Crippen LogP contribution in [-0.4, -0.2) is 44.6 Å². The number of hydrogen-bond donors (Lipinski definition) is 0. The van der Waals surface area contributed by atoms with E-state index in [4.69, 9.17) is 14.2 Å². The van der Waals surface area contributed by atoms with Crippen LogP contribution in [0.2, 0.25) is 0 Å². The number of aryl methyl sites for hydroxylation is 1. The van der Waals surface area contributed by atoms with Crippen LogP contribution in [0.1, 0.15) is 29.3 Å². The molecule has 1 heterocycles. The van der Waals surface area contributed by atoms with Gasteiger partial charge >= 0.3 is 0 Å². The van der Waals surface area contributed by atoms with Gasteiger partial charge in [-0.25, -0.2) is 0 Å². The van der Waals surface area contributed by atoms with E-state index in [1.54, 1.807) is 6.07 Å². The molecule has 0 fully saturated rings. The van der Waals surface area contributed by atoms with Crippen molar-refractivity contribution in [3.63, 3.8) is 0 Å². The first-order chi connectivity index (χ1) is 10.0. The van der Waals surface area contributed by atoms with Gasteiger partial charge in [-0.15, -0.1) is 0 Å². The van der Waals surface area contributed by atoms with E-state index in [0.717, 1.165) is 5.56 Å². The number of ether oxygens (including phenoxy) is 3. The molecule has 0 aromatic heterocycles. The average molecular weight is 293 g/mol. The Morgan fingerprint density at radius 2 is 1.81 bits per heavy atom. The van der Waals surface area contributed by atoms with E-state index in [9.17, 15) is 9.59 Å². The molecule has 21 heavy (non-hydrogen) atoms. The van der Waals surface area contributed by atoms with Gasteiger partial charge in [0.15, 0.2) is 11.5 Å². The molecule has 1 aliphatic heterocycles. The number of imide groups is 1. The van der Waals surface area contributed by atoms with Crippen molar-refractivity contribution in [1.29, 1.82) is 0 Å². The molecule has 0 aliphatic carbocycles. The molecular formula is C15H19NO5. The summed E-state index contributed by atoms with van der Waals surface area (Å²) in [6, 6.07) is 1.78. The standard InChI is InChI=1S/C15H19NO5/c1-9(17)16-7-5-6-10-8-11(19-2)13(20-3)14(21-4)12(10)15(16)18/h8H,5-7H2,1-4H3. The van der Waals surface area contributed by atoms with Crippen LogP contribution in [0, 0.1) is 0 Å². The Bertz CT molecular complexity index is 582. The normalized spacial score (nSPS) is 14.3. The molecule has 6 heteroatoms. The lowest BCUT2D eigenvalue weighted by molar-refractivity contribution is -0.126. The smallest absolute Gasteiger partial charge is 0.264 e. The predicted octanol–water partition coefficient (Wildman–Crippen LogP) is 1.65. The van der Waals surface area contributed by atoms with Gasteiger partial charge < -0.3 is 14.2 Å². The molecule has 0 bridgehead atoms. The maximum atomic E-state index is 12.7. The lowest BCUT2D eigenvalue weighted by Gasteiger charge is -2.20. The molecule has 0 atom stereocenters. The van der Waals surface area contributed by atoms with Gasteiger partial charge in [-0.05, 0) is 24.5 Å². The number of nitrogens with zero attached hydrogens (tertiary/aromatic N) is 1. The summed E-state index contributed by atoms with van der Waals surface area (Å²) < 4.78 is 16.0.